The number of fused-ring (bicyclic) bond motifs is 9. The van der Waals surface area contributed by atoms with Crippen molar-refractivity contribution in [1.82, 2.24) is 0 Å². The molecule has 0 spiro atoms. The van der Waals surface area contributed by atoms with Crippen LogP contribution in [0.1, 0.15) is 5.48 Å². The minimum Gasteiger partial charge on any atom is -0.456 e. The van der Waals surface area contributed by atoms with Gasteiger partial charge in [-0.3, -0.25) is 0 Å². The van der Waals surface area contributed by atoms with Gasteiger partial charge in [0, 0.05) is 32.9 Å². The minimum absolute atomic E-state index is 0.111. The van der Waals surface area contributed by atoms with Crippen molar-refractivity contribution in [1.29, 1.82) is 0 Å². The van der Waals surface area contributed by atoms with Gasteiger partial charge in [-0.2, -0.15) is 0 Å². The molecule has 0 aliphatic carbocycles. The van der Waals surface area contributed by atoms with Gasteiger partial charge in [-0.05, 0) is 99.0 Å². The van der Waals surface area contributed by atoms with Crippen LogP contribution in [-0.2, 0) is 0 Å². The normalized spacial score (nSPS) is 12.8. The summed E-state index contributed by atoms with van der Waals surface area (Å²) in [6, 6.07) is 53.4. The first-order valence-electron chi connectivity index (χ1n) is 19.7. The van der Waals surface area contributed by atoms with Crippen molar-refractivity contribution in [2.24, 2.45) is 0 Å². The molecule has 0 saturated heterocycles. The zero-order chi connectivity index (χ0) is 38.4. The number of para-hydroxylation sites is 1. The molecule has 0 bridgehead atoms. The summed E-state index contributed by atoms with van der Waals surface area (Å²) in [5.74, 6) is 0. The standard InChI is InChI=1S/C50H31NO2/c1-3-12-39-33(9-1)11-7-15-40(39)35-21-27-38(28-22-35)51(45-16-8-18-48-49(45)43-29-23-34-10-2-4-13-41(34)50(43)53-48)37-25-19-32(20-26-37)36-24-30-47-44(31-36)42-14-5-6-17-46(42)52-47/h1-31H/i21D,22D,27D,28D. The maximum Gasteiger partial charge on any atom is 0.143 e. The molecule has 0 amide bonds. The van der Waals surface area contributed by atoms with Gasteiger partial charge in [-0.1, -0.05) is 127 Å². The second-order valence-electron chi connectivity index (χ2n) is 13.4. The van der Waals surface area contributed by atoms with Crippen LogP contribution in [-0.4, -0.2) is 0 Å². The summed E-state index contributed by atoms with van der Waals surface area (Å²) in [5, 5.41) is 7.67. The summed E-state index contributed by atoms with van der Waals surface area (Å²) in [4.78, 5) is 1.86. The molecular weight excluding hydrogens is 647 g/mol. The molecule has 2 heterocycles. The molecular formula is C50H31NO2. The van der Waals surface area contributed by atoms with E-state index in [4.69, 9.17) is 8.83 Å². The fraction of sp³-hybridized carbons (Fsp3) is 0. The van der Waals surface area contributed by atoms with Crippen molar-refractivity contribution >= 4 is 82.5 Å². The first kappa shape index (κ1) is 25.8. The molecule has 2 aromatic heterocycles. The Morgan fingerprint density at radius 2 is 1.06 bits per heavy atom. The lowest BCUT2D eigenvalue weighted by Crippen LogP contribution is -2.10. The quantitative estimate of drug-likeness (QED) is 0.181. The highest BCUT2D eigenvalue weighted by molar-refractivity contribution is 6.19. The zero-order valence-electron chi connectivity index (χ0n) is 32.4. The van der Waals surface area contributed by atoms with Gasteiger partial charge in [-0.15, -0.1) is 0 Å². The summed E-state index contributed by atoms with van der Waals surface area (Å²) in [5.41, 5.74) is 7.50. The summed E-state index contributed by atoms with van der Waals surface area (Å²) in [6.07, 6.45) is 0. The van der Waals surface area contributed by atoms with E-state index >= 15 is 0 Å². The van der Waals surface area contributed by atoms with Crippen LogP contribution in [0.3, 0.4) is 0 Å². The molecule has 0 unspecified atom stereocenters. The Morgan fingerprint density at radius 3 is 1.91 bits per heavy atom. The topological polar surface area (TPSA) is 29.5 Å². The Hall–Kier alpha value is -7.10. The largest absolute Gasteiger partial charge is 0.456 e. The highest BCUT2D eigenvalue weighted by atomic mass is 16.3. The SMILES string of the molecule is [2H]c1c([2H])c(N(c2ccc(-c3ccc4oc5ccccc5c4c3)cc2)c2cccc3oc4c5ccccc5ccc4c23)c([2H])c([2H])c1-c1cccc2ccccc12. The Morgan fingerprint density at radius 1 is 0.396 bits per heavy atom. The van der Waals surface area contributed by atoms with Gasteiger partial charge in [0.05, 0.1) is 16.6 Å². The Kier molecular flexibility index (Phi) is 5.71. The number of furan rings is 2. The van der Waals surface area contributed by atoms with Gasteiger partial charge in [0.2, 0.25) is 0 Å². The second kappa shape index (κ2) is 11.7. The van der Waals surface area contributed by atoms with Crippen molar-refractivity contribution in [3.8, 4) is 22.3 Å². The van der Waals surface area contributed by atoms with Crippen LogP contribution in [0.5, 0.6) is 0 Å². The average Bonchev–Trinajstić information content (AvgIpc) is 3.83. The van der Waals surface area contributed by atoms with Crippen LogP contribution in [0.2, 0.25) is 0 Å². The molecule has 0 N–H and O–H groups in total. The monoisotopic (exact) mass is 681 g/mol. The highest BCUT2D eigenvalue weighted by Crippen LogP contribution is 2.45. The molecule has 3 nitrogen and oxygen atoms in total. The van der Waals surface area contributed by atoms with Crippen LogP contribution < -0.4 is 4.90 Å². The van der Waals surface area contributed by atoms with Crippen LogP contribution >= 0.6 is 0 Å². The number of hydrogen-bond acceptors (Lipinski definition) is 3. The predicted molar refractivity (Wildman–Crippen MR) is 222 cm³/mol. The summed E-state index contributed by atoms with van der Waals surface area (Å²) < 4.78 is 50.9. The van der Waals surface area contributed by atoms with E-state index in [9.17, 15) is 5.48 Å². The number of rotatable bonds is 5. The number of benzene rings is 9. The first-order chi connectivity index (χ1) is 27.9. The molecule has 11 aromatic rings. The third kappa shape index (κ3) is 4.75. The summed E-state index contributed by atoms with van der Waals surface area (Å²) in [7, 11) is 0. The second-order valence-corrected chi connectivity index (χ2v) is 13.4. The van der Waals surface area contributed by atoms with Gasteiger partial charge >= 0.3 is 0 Å². The van der Waals surface area contributed by atoms with E-state index in [1.807, 2.05) is 126 Å². The van der Waals surface area contributed by atoms with Crippen LogP contribution in [0.25, 0.3) is 87.7 Å². The van der Waals surface area contributed by atoms with Crippen molar-refractivity contribution in [3.05, 3.63) is 188 Å². The molecule has 0 aliphatic heterocycles. The number of nitrogens with zero attached hydrogens (tertiary/aromatic N) is 1. The van der Waals surface area contributed by atoms with Gasteiger partial charge in [0.15, 0.2) is 0 Å². The highest BCUT2D eigenvalue weighted by Gasteiger charge is 2.21. The van der Waals surface area contributed by atoms with Crippen molar-refractivity contribution in [2.75, 3.05) is 4.90 Å². The Labute approximate surface area is 311 Å². The van der Waals surface area contributed by atoms with Gasteiger partial charge in [0.25, 0.3) is 0 Å². The van der Waals surface area contributed by atoms with Crippen LogP contribution in [0, 0.1) is 0 Å². The molecule has 0 aliphatic rings. The molecule has 248 valence electrons. The van der Waals surface area contributed by atoms with E-state index in [0.29, 0.717) is 22.5 Å². The first-order valence-corrected chi connectivity index (χ1v) is 17.7. The van der Waals surface area contributed by atoms with E-state index in [0.717, 1.165) is 71.0 Å². The lowest BCUT2D eigenvalue weighted by Gasteiger charge is -2.26. The lowest BCUT2D eigenvalue weighted by atomic mass is 9.98. The van der Waals surface area contributed by atoms with E-state index in [-0.39, 0.29) is 35.4 Å². The zero-order valence-corrected chi connectivity index (χ0v) is 28.4. The van der Waals surface area contributed by atoms with Crippen LogP contribution in [0.15, 0.2) is 197 Å². The van der Waals surface area contributed by atoms with Gasteiger partial charge < -0.3 is 13.7 Å². The average molecular weight is 682 g/mol. The Balaban J connectivity index is 1.14. The maximum absolute atomic E-state index is 9.64. The van der Waals surface area contributed by atoms with E-state index in [2.05, 4.69) is 42.5 Å². The van der Waals surface area contributed by atoms with E-state index < -0.39 is 0 Å². The molecule has 0 saturated carbocycles. The maximum atomic E-state index is 9.64. The van der Waals surface area contributed by atoms with Gasteiger partial charge in [0.1, 0.15) is 22.3 Å². The molecule has 0 fully saturated rings. The van der Waals surface area contributed by atoms with Gasteiger partial charge in [-0.25, -0.2) is 0 Å². The molecule has 53 heavy (non-hydrogen) atoms. The fourth-order valence-corrected chi connectivity index (χ4v) is 7.81. The molecule has 0 atom stereocenters. The van der Waals surface area contributed by atoms with E-state index in [1.54, 1.807) is 0 Å². The third-order valence-corrected chi connectivity index (χ3v) is 10.3. The molecule has 9 aromatic carbocycles. The smallest absolute Gasteiger partial charge is 0.143 e. The fourth-order valence-electron chi connectivity index (χ4n) is 7.81. The molecule has 0 radical (unpaired) electrons. The molecule has 3 heteroatoms. The summed E-state index contributed by atoms with van der Waals surface area (Å²) in [6.45, 7) is 0. The number of hydrogen-bond donors (Lipinski definition) is 0. The Bertz CT molecular complexity index is 3390. The van der Waals surface area contributed by atoms with E-state index in [1.165, 1.54) is 0 Å². The van der Waals surface area contributed by atoms with Crippen LogP contribution in [0.4, 0.5) is 17.1 Å². The van der Waals surface area contributed by atoms with Crippen molar-refractivity contribution in [3.63, 3.8) is 0 Å². The van der Waals surface area contributed by atoms with Crippen molar-refractivity contribution in [2.45, 2.75) is 0 Å². The van der Waals surface area contributed by atoms with Crippen molar-refractivity contribution < 1.29 is 14.3 Å². The third-order valence-electron chi connectivity index (χ3n) is 10.3. The molecule has 11 rings (SSSR count). The minimum atomic E-state index is -0.143. The predicted octanol–water partition coefficient (Wildman–Crippen LogP) is 14.6. The number of anilines is 3. The lowest BCUT2D eigenvalue weighted by molar-refractivity contribution is 0.669. The summed E-state index contributed by atoms with van der Waals surface area (Å²) >= 11 is 0.